The molecule has 0 radical (unpaired) electrons. The first-order valence-corrected chi connectivity index (χ1v) is 12.1. The molecule has 0 unspecified atom stereocenters. The molecule has 4 aromatic rings. The van der Waals surface area contributed by atoms with Gasteiger partial charge in [0.2, 0.25) is 0 Å². The molecule has 154 valence electrons. The van der Waals surface area contributed by atoms with Crippen molar-refractivity contribution < 1.29 is 8.42 Å². The van der Waals surface area contributed by atoms with Crippen LogP contribution in [0.2, 0.25) is 0 Å². The zero-order valence-corrected chi connectivity index (χ0v) is 18.2. The van der Waals surface area contributed by atoms with Gasteiger partial charge in [0.1, 0.15) is 0 Å². The number of fused-ring (bicyclic) bond motifs is 1. The van der Waals surface area contributed by atoms with Crippen molar-refractivity contribution in [3.8, 4) is 0 Å². The molecule has 31 heavy (non-hydrogen) atoms. The molecule has 0 heterocycles. The number of rotatable bonds is 4. The van der Waals surface area contributed by atoms with Gasteiger partial charge in [-0.05, 0) is 41.3 Å². The number of hydrogen-bond donors (Lipinski definition) is 0. The highest BCUT2D eigenvalue weighted by Crippen LogP contribution is 2.58. The Bertz CT molecular complexity index is 1300. The van der Waals surface area contributed by atoms with Crippen molar-refractivity contribution in [1.82, 2.24) is 0 Å². The van der Waals surface area contributed by atoms with Gasteiger partial charge in [0, 0.05) is 11.8 Å². The Morgan fingerprint density at radius 3 is 1.77 bits per heavy atom. The predicted octanol–water partition coefficient (Wildman–Crippen LogP) is 6.44. The van der Waals surface area contributed by atoms with E-state index in [1.807, 2.05) is 49.4 Å². The average molecular weight is 425 g/mol. The quantitative estimate of drug-likeness (QED) is 0.378. The maximum atomic E-state index is 14.1. The summed E-state index contributed by atoms with van der Waals surface area (Å²) in [6.07, 6.45) is 0. The predicted molar refractivity (Wildman–Crippen MR) is 125 cm³/mol. The molecule has 1 aliphatic rings. The fourth-order valence-corrected chi connectivity index (χ4v) is 7.06. The SMILES string of the molecule is Cc1ccc2c(c1)[C@H](S(=O)(=O)c1ccccc1)[C@@H](c1ccccc1)[C@@H]2c1ccccc1. The Morgan fingerprint density at radius 2 is 1.16 bits per heavy atom. The zero-order chi connectivity index (χ0) is 21.4. The van der Waals surface area contributed by atoms with E-state index in [2.05, 4.69) is 42.5 Å². The van der Waals surface area contributed by atoms with Crippen LogP contribution in [-0.4, -0.2) is 8.42 Å². The minimum atomic E-state index is -3.61. The first kappa shape index (κ1) is 19.8. The Labute approximate surface area is 184 Å². The maximum Gasteiger partial charge on any atom is 0.186 e. The average Bonchev–Trinajstić information content (AvgIpc) is 3.16. The van der Waals surface area contributed by atoms with Crippen molar-refractivity contribution in [1.29, 1.82) is 0 Å². The molecule has 0 spiro atoms. The molecule has 0 fully saturated rings. The Hall–Kier alpha value is -3.17. The zero-order valence-electron chi connectivity index (χ0n) is 17.3. The first-order valence-electron chi connectivity index (χ1n) is 10.6. The summed E-state index contributed by atoms with van der Waals surface area (Å²) in [5, 5.41) is -0.641. The third-order valence-corrected chi connectivity index (χ3v) is 8.46. The van der Waals surface area contributed by atoms with Crippen molar-refractivity contribution in [2.45, 2.75) is 28.9 Å². The van der Waals surface area contributed by atoms with E-state index in [1.54, 1.807) is 24.3 Å². The normalized spacial score (nSPS) is 20.4. The highest BCUT2D eigenvalue weighted by molar-refractivity contribution is 7.91. The van der Waals surface area contributed by atoms with E-state index < -0.39 is 15.1 Å². The third kappa shape index (κ3) is 3.39. The molecule has 0 saturated heterocycles. The highest BCUT2D eigenvalue weighted by atomic mass is 32.2. The van der Waals surface area contributed by atoms with Crippen LogP contribution >= 0.6 is 0 Å². The molecule has 0 aromatic heterocycles. The second-order valence-corrected chi connectivity index (χ2v) is 10.3. The van der Waals surface area contributed by atoms with Gasteiger partial charge >= 0.3 is 0 Å². The van der Waals surface area contributed by atoms with Crippen molar-refractivity contribution in [3.63, 3.8) is 0 Å². The van der Waals surface area contributed by atoms with Gasteiger partial charge in [-0.3, -0.25) is 0 Å². The second-order valence-electron chi connectivity index (χ2n) is 8.24. The molecule has 5 rings (SSSR count). The van der Waals surface area contributed by atoms with E-state index >= 15 is 0 Å². The number of sulfone groups is 1. The van der Waals surface area contributed by atoms with Crippen LogP contribution in [0.15, 0.2) is 114 Å². The minimum Gasteiger partial charge on any atom is -0.223 e. The van der Waals surface area contributed by atoms with Gasteiger partial charge in [0.05, 0.1) is 10.1 Å². The second kappa shape index (κ2) is 7.82. The lowest BCUT2D eigenvalue weighted by Gasteiger charge is -2.27. The summed E-state index contributed by atoms with van der Waals surface area (Å²) >= 11 is 0. The van der Waals surface area contributed by atoms with Gasteiger partial charge in [-0.15, -0.1) is 0 Å². The van der Waals surface area contributed by atoms with E-state index in [4.69, 9.17) is 0 Å². The van der Waals surface area contributed by atoms with Crippen LogP contribution in [0.1, 0.15) is 44.9 Å². The molecule has 4 aromatic carbocycles. The summed E-state index contributed by atoms with van der Waals surface area (Å²) in [5.41, 5.74) is 5.30. The Morgan fingerprint density at radius 1 is 0.613 bits per heavy atom. The number of hydrogen-bond acceptors (Lipinski definition) is 2. The lowest BCUT2D eigenvalue weighted by Crippen LogP contribution is -2.20. The maximum absolute atomic E-state index is 14.1. The van der Waals surface area contributed by atoms with E-state index in [0.29, 0.717) is 4.90 Å². The summed E-state index contributed by atoms with van der Waals surface area (Å²) < 4.78 is 28.1. The molecule has 1 aliphatic carbocycles. The van der Waals surface area contributed by atoms with Gasteiger partial charge in [-0.25, -0.2) is 8.42 Å². The van der Waals surface area contributed by atoms with Gasteiger partial charge in [0.25, 0.3) is 0 Å². The van der Waals surface area contributed by atoms with Crippen molar-refractivity contribution in [3.05, 3.63) is 137 Å². The molecule has 0 amide bonds. The van der Waals surface area contributed by atoms with E-state index in [-0.39, 0.29) is 11.8 Å². The summed E-state index contributed by atoms with van der Waals surface area (Å²) in [7, 11) is -3.61. The van der Waals surface area contributed by atoms with Crippen LogP contribution in [-0.2, 0) is 9.84 Å². The largest absolute Gasteiger partial charge is 0.223 e. The molecule has 3 atom stereocenters. The van der Waals surface area contributed by atoms with E-state index in [9.17, 15) is 8.42 Å². The van der Waals surface area contributed by atoms with Gasteiger partial charge in [-0.2, -0.15) is 0 Å². The molecular weight excluding hydrogens is 400 g/mol. The van der Waals surface area contributed by atoms with Crippen LogP contribution < -0.4 is 0 Å². The topological polar surface area (TPSA) is 34.1 Å². The first-order chi connectivity index (χ1) is 15.1. The summed E-state index contributed by atoms with van der Waals surface area (Å²) in [4.78, 5) is 0.377. The fraction of sp³-hybridized carbons (Fsp3) is 0.143. The van der Waals surface area contributed by atoms with Crippen LogP contribution in [0.25, 0.3) is 0 Å². The van der Waals surface area contributed by atoms with Crippen molar-refractivity contribution in [2.24, 2.45) is 0 Å². The van der Waals surface area contributed by atoms with E-state index in [0.717, 1.165) is 27.8 Å². The van der Waals surface area contributed by atoms with Crippen LogP contribution in [0.5, 0.6) is 0 Å². The third-order valence-electron chi connectivity index (χ3n) is 6.32. The number of benzene rings is 4. The fourth-order valence-electron chi connectivity index (χ4n) is 4.99. The van der Waals surface area contributed by atoms with Crippen molar-refractivity contribution in [2.75, 3.05) is 0 Å². The Balaban J connectivity index is 1.80. The van der Waals surface area contributed by atoms with Crippen LogP contribution in [0.4, 0.5) is 0 Å². The molecular formula is C28H24O2S. The monoisotopic (exact) mass is 424 g/mol. The lowest BCUT2D eigenvalue weighted by atomic mass is 9.81. The smallest absolute Gasteiger partial charge is 0.186 e. The highest BCUT2D eigenvalue weighted by Gasteiger charge is 2.48. The molecule has 3 heteroatoms. The van der Waals surface area contributed by atoms with Crippen molar-refractivity contribution >= 4 is 9.84 Å². The van der Waals surface area contributed by atoms with E-state index in [1.165, 1.54) is 0 Å². The molecule has 0 aliphatic heterocycles. The van der Waals surface area contributed by atoms with Gasteiger partial charge < -0.3 is 0 Å². The van der Waals surface area contributed by atoms with Crippen LogP contribution in [0.3, 0.4) is 0 Å². The Kier molecular flexibility index (Phi) is 4.99. The standard InChI is InChI=1S/C28H24O2S/c1-20-17-18-24-25(19-20)28(31(29,30)23-15-9-4-10-16-23)27(22-13-7-3-8-14-22)26(24)21-11-5-2-6-12-21/h2-19,26-28H,1H3/t26-,27+,28+/m1/s1. The van der Waals surface area contributed by atoms with Gasteiger partial charge in [0.15, 0.2) is 9.84 Å². The molecule has 0 saturated carbocycles. The molecule has 0 N–H and O–H groups in total. The number of aryl methyl sites for hydroxylation is 1. The summed E-state index contributed by atoms with van der Waals surface area (Å²) in [6, 6.07) is 35.5. The minimum absolute atomic E-state index is 0.0253. The lowest BCUT2D eigenvalue weighted by molar-refractivity contribution is 0.555. The molecule has 2 nitrogen and oxygen atoms in total. The summed E-state index contributed by atoms with van der Waals surface area (Å²) in [5.74, 6) is -0.228. The van der Waals surface area contributed by atoms with Crippen LogP contribution in [0, 0.1) is 6.92 Å². The summed E-state index contributed by atoms with van der Waals surface area (Å²) in [6.45, 7) is 2.03. The van der Waals surface area contributed by atoms with Gasteiger partial charge in [-0.1, -0.05) is 103 Å². The molecule has 0 bridgehead atoms.